The first-order chi connectivity index (χ1) is 11.8. The fraction of sp³-hybridized carbons (Fsp3) is 0.667. The van der Waals surface area contributed by atoms with Crippen LogP contribution in [0, 0.1) is 5.92 Å². The van der Waals surface area contributed by atoms with Crippen molar-refractivity contribution in [2.45, 2.75) is 83.4 Å². The maximum atomic E-state index is 12.2. The second-order valence-corrected chi connectivity index (χ2v) is 8.51. The Kier molecular flexibility index (Phi) is 7.03. The molecule has 0 saturated heterocycles. The van der Waals surface area contributed by atoms with Crippen molar-refractivity contribution in [1.29, 1.82) is 0 Å². The molecular formula is C21H34N2O2. The maximum Gasteiger partial charge on any atom is 0.250 e. The number of hydrogen-bond acceptors (Lipinski definition) is 3. The van der Waals surface area contributed by atoms with Gasteiger partial charge < -0.3 is 16.2 Å². The van der Waals surface area contributed by atoms with Crippen molar-refractivity contribution in [1.82, 2.24) is 5.32 Å². The van der Waals surface area contributed by atoms with E-state index in [1.807, 2.05) is 12.1 Å². The Morgan fingerprint density at radius 3 is 2.36 bits per heavy atom. The normalized spacial score (nSPS) is 18.6. The molecule has 1 fully saturated rings. The number of nitrogens with one attached hydrogen (secondary N) is 1. The Morgan fingerprint density at radius 1 is 1.20 bits per heavy atom. The van der Waals surface area contributed by atoms with Gasteiger partial charge in [0.1, 0.15) is 6.10 Å². The van der Waals surface area contributed by atoms with Gasteiger partial charge in [-0.25, -0.2) is 0 Å². The Bertz CT molecular complexity index is 542. The van der Waals surface area contributed by atoms with E-state index < -0.39 is 12.1 Å². The molecule has 4 N–H and O–H groups in total. The van der Waals surface area contributed by atoms with E-state index in [-0.39, 0.29) is 11.3 Å². The van der Waals surface area contributed by atoms with E-state index in [1.165, 1.54) is 37.7 Å². The van der Waals surface area contributed by atoms with Gasteiger partial charge in [0.15, 0.2) is 0 Å². The summed E-state index contributed by atoms with van der Waals surface area (Å²) in [4.78, 5) is 12.2. The van der Waals surface area contributed by atoms with Gasteiger partial charge in [-0.05, 0) is 28.9 Å². The predicted octanol–water partition coefficient (Wildman–Crippen LogP) is 3.26. The van der Waals surface area contributed by atoms with Crippen LogP contribution in [0.1, 0.15) is 70.4 Å². The summed E-state index contributed by atoms with van der Waals surface area (Å²) >= 11 is 0. The molecule has 2 atom stereocenters. The minimum Gasteiger partial charge on any atom is -0.382 e. The van der Waals surface area contributed by atoms with Crippen LogP contribution in [0.15, 0.2) is 24.3 Å². The third-order valence-electron chi connectivity index (χ3n) is 5.29. The van der Waals surface area contributed by atoms with Crippen LogP contribution >= 0.6 is 0 Å². The van der Waals surface area contributed by atoms with Crippen molar-refractivity contribution in [2.75, 3.05) is 0 Å². The lowest BCUT2D eigenvalue weighted by molar-refractivity contribution is -0.130. The first kappa shape index (κ1) is 19.9. The molecule has 1 aromatic carbocycles. The zero-order valence-electron chi connectivity index (χ0n) is 15.9. The molecule has 25 heavy (non-hydrogen) atoms. The molecule has 4 nitrogen and oxygen atoms in total. The fourth-order valence-electron chi connectivity index (χ4n) is 3.55. The van der Waals surface area contributed by atoms with E-state index in [9.17, 15) is 9.90 Å². The van der Waals surface area contributed by atoms with Crippen LogP contribution in [0.2, 0.25) is 0 Å². The number of aliphatic hydroxyl groups is 1. The topological polar surface area (TPSA) is 75.3 Å². The highest BCUT2D eigenvalue weighted by Gasteiger charge is 2.26. The largest absolute Gasteiger partial charge is 0.382 e. The van der Waals surface area contributed by atoms with E-state index >= 15 is 0 Å². The second kappa shape index (κ2) is 8.81. The van der Waals surface area contributed by atoms with Gasteiger partial charge in [-0.2, -0.15) is 0 Å². The highest BCUT2D eigenvalue weighted by molar-refractivity contribution is 5.81. The van der Waals surface area contributed by atoms with Crippen molar-refractivity contribution >= 4 is 5.91 Å². The highest BCUT2D eigenvalue weighted by Crippen LogP contribution is 2.27. The zero-order chi connectivity index (χ0) is 18.4. The van der Waals surface area contributed by atoms with Gasteiger partial charge in [-0.3, -0.25) is 4.79 Å². The minimum atomic E-state index is -1.13. The number of benzene rings is 1. The Labute approximate surface area is 152 Å². The summed E-state index contributed by atoms with van der Waals surface area (Å²) in [5.74, 6) is 0.180. The summed E-state index contributed by atoms with van der Waals surface area (Å²) in [7, 11) is 0. The average molecular weight is 347 g/mol. The summed E-state index contributed by atoms with van der Waals surface area (Å²) in [5, 5.41) is 13.0. The lowest BCUT2D eigenvalue weighted by atomic mass is 9.84. The molecule has 0 aliphatic heterocycles. The third-order valence-corrected chi connectivity index (χ3v) is 5.29. The van der Waals surface area contributed by atoms with Crippen LogP contribution in [0.5, 0.6) is 0 Å². The van der Waals surface area contributed by atoms with Crippen LogP contribution in [0.3, 0.4) is 0 Å². The van der Waals surface area contributed by atoms with Crippen molar-refractivity contribution in [3.05, 3.63) is 35.4 Å². The third kappa shape index (κ3) is 6.12. The average Bonchev–Trinajstić information content (AvgIpc) is 2.59. The molecular weight excluding hydrogens is 312 g/mol. The number of nitrogens with two attached hydrogens (primary N) is 1. The first-order valence-corrected chi connectivity index (χ1v) is 9.58. The molecule has 0 radical (unpaired) electrons. The van der Waals surface area contributed by atoms with Gasteiger partial charge in [-0.1, -0.05) is 77.1 Å². The molecule has 1 aliphatic carbocycles. The van der Waals surface area contributed by atoms with Crippen LogP contribution in [-0.2, 0) is 16.8 Å². The summed E-state index contributed by atoms with van der Waals surface area (Å²) < 4.78 is 0. The molecule has 2 rings (SSSR count). The lowest BCUT2D eigenvalue weighted by Gasteiger charge is -2.26. The molecule has 1 aliphatic rings. The van der Waals surface area contributed by atoms with E-state index in [0.29, 0.717) is 12.5 Å². The Balaban J connectivity index is 1.80. The number of amides is 1. The van der Waals surface area contributed by atoms with Gasteiger partial charge in [-0.15, -0.1) is 0 Å². The van der Waals surface area contributed by atoms with Crippen LogP contribution < -0.4 is 11.1 Å². The standard InChI is InChI=1S/C21H34N2O2/c1-21(2,3)17-11-9-16(10-12-17)14-23-20(25)19(24)18(22)13-15-7-5-4-6-8-15/h9-12,15,18-19,24H,4-8,13-14,22H2,1-3H3,(H,23,25)/t18-,19?/m1/s1. The van der Waals surface area contributed by atoms with Gasteiger partial charge in [0, 0.05) is 12.6 Å². The summed E-state index contributed by atoms with van der Waals surface area (Å²) in [6.45, 7) is 6.94. The summed E-state index contributed by atoms with van der Waals surface area (Å²) in [6, 6.07) is 7.75. The van der Waals surface area contributed by atoms with E-state index in [2.05, 4.69) is 38.2 Å². The molecule has 0 spiro atoms. The quantitative estimate of drug-likeness (QED) is 0.740. The molecule has 1 unspecified atom stereocenters. The summed E-state index contributed by atoms with van der Waals surface area (Å²) in [5.41, 5.74) is 8.47. The zero-order valence-corrected chi connectivity index (χ0v) is 15.9. The lowest BCUT2D eigenvalue weighted by Crippen LogP contribution is -2.47. The highest BCUT2D eigenvalue weighted by atomic mass is 16.3. The van der Waals surface area contributed by atoms with Gasteiger partial charge >= 0.3 is 0 Å². The molecule has 4 heteroatoms. The SMILES string of the molecule is CC(C)(C)c1ccc(CNC(=O)C(O)[C@H](N)CC2CCCCC2)cc1. The van der Waals surface area contributed by atoms with Crippen LogP contribution in [0.4, 0.5) is 0 Å². The summed E-state index contributed by atoms with van der Waals surface area (Å²) in [6.07, 6.45) is 5.71. The number of carbonyl (C=O) groups is 1. The van der Waals surface area contributed by atoms with Crippen molar-refractivity contribution in [2.24, 2.45) is 11.7 Å². The number of rotatable bonds is 6. The predicted molar refractivity (Wildman–Crippen MR) is 102 cm³/mol. The van der Waals surface area contributed by atoms with Crippen LogP contribution in [0.25, 0.3) is 0 Å². The minimum absolute atomic E-state index is 0.115. The van der Waals surface area contributed by atoms with Gasteiger partial charge in [0.25, 0.3) is 5.91 Å². The number of hydrogen-bond donors (Lipinski definition) is 3. The Hall–Kier alpha value is -1.39. The molecule has 0 bridgehead atoms. The van der Waals surface area contributed by atoms with Gasteiger partial charge in [0.2, 0.25) is 0 Å². The van der Waals surface area contributed by atoms with E-state index in [4.69, 9.17) is 5.73 Å². The van der Waals surface area contributed by atoms with Crippen LogP contribution in [-0.4, -0.2) is 23.2 Å². The van der Waals surface area contributed by atoms with Crippen molar-refractivity contribution in [3.63, 3.8) is 0 Å². The molecule has 140 valence electrons. The molecule has 1 saturated carbocycles. The van der Waals surface area contributed by atoms with Crippen molar-refractivity contribution < 1.29 is 9.90 Å². The fourth-order valence-corrected chi connectivity index (χ4v) is 3.55. The first-order valence-electron chi connectivity index (χ1n) is 9.58. The van der Waals surface area contributed by atoms with Crippen molar-refractivity contribution in [3.8, 4) is 0 Å². The monoisotopic (exact) mass is 346 g/mol. The van der Waals surface area contributed by atoms with E-state index in [0.717, 1.165) is 12.0 Å². The smallest absolute Gasteiger partial charge is 0.250 e. The Morgan fingerprint density at radius 2 is 1.80 bits per heavy atom. The maximum absolute atomic E-state index is 12.2. The molecule has 0 heterocycles. The molecule has 1 amide bonds. The molecule has 1 aromatic rings. The number of aliphatic hydroxyl groups excluding tert-OH is 1. The van der Waals surface area contributed by atoms with Gasteiger partial charge in [0.05, 0.1) is 0 Å². The van der Waals surface area contributed by atoms with E-state index in [1.54, 1.807) is 0 Å². The number of carbonyl (C=O) groups excluding carboxylic acids is 1. The molecule has 0 aromatic heterocycles. The second-order valence-electron chi connectivity index (χ2n) is 8.51.